The van der Waals surface area contributed by atoms with E-state index < -0.39 is 46.2 Å². The van der Waals surface area contributed by atoms with Gasteiger partial charge in [0.1, 0.15) is 28.9 Å². The molecule has 1 aliphatic heterocycles. The summed E-state index contributed by atoms with van der Waals surface area (Å²) in [4.78, 5) is 27.7. The van der Waals surface area contributed by atoms with Gasteiger partial charge in [-0.1, -0.05) is 12.1 Å². The minimum atomic E-state index is -4.98. The minimum Gasteiger partial charge on any atom is -0.406 e. The number of alkyl halides is 6. The third-order valence-electron chi connectivity index (χ3n) is 6.55. The van der Waals surface area contributed by atoms with Crippen LogP contribution in [0.5, 0.6) is 11.5 Å². The maximum Gasteiger partial charge on any atom is 0.573 e. The number of nitrogens with zero attached hydrogens (tertiary/aromatic N) is 5. The summed E-state index contributed by atoms with van der Waals surface area (Å²) in [6, 6.07) is 10.3. The smallest absolute Gasteiger partial charge is 0.406 e. The van der Waals surface area contributed by atoms with Gasteiger partial charge in [0.25, 0.3) is 0 Å². The van der Waals surface area contributed by atoms with Crippen LogP contribution in [-0.4, -0.2) is 72.0 Å². The lowest BCUT2D eigenvalue weighted by Crippen LogP contribution is -2.60. The summed E-state index contributed by atoms with van der Waals surface area (Å²) in [6.45, 7) is -0.497. The molecule has 1 atom stereocenters. The number of sulfonamides is 1. The molecule has 238 valence electrons. The number of halogens is 6. The molecule has 11 nitrogen and oxygen atoms in total. The van der Waals surface area contributed by atoms with Crippen LogP contribution in [0, 0.1) is 0 Å². The molecule has 1 amide bonds. The first-order chi connectivity index (χ1) is 21.2. The molecule has 1 N–H and O–H groups in total. The molecule has 45 heavy (non-hydrogen) atoms. The molecule has 4 aromatic rings. The van der Waals surface area contributed by atoms with Gasteiger partial charge in [-0.05, 0) is 54.1 Å². The van der Waals surface area contributed by atoms with Gasteiger partial charge >= 0.3 is 12.7 Å². The molecular weight excluding hydrogens is 634 g/mol. The van der Waals surface area contributed by atoms with Crippen LogP contribution >= 0.6 is 0 Å². The molecule has 1 fully saturated rings. The average Bonchev–Trinajstić information content (AvgIpc) is 2.98. The number of pyridine rings is 1. The van der Waals surface area contributed by atoms with Crippen molar-refractivity contribution in [2.45, 2.75) is 30.2 Å². The molecular formula is C27H22F6N6O5S. The second kappa shape index (κ2) is 12.4. The number of carbonyl (C=O) groups is 1. The number of benzene rings is 2. The largest absolute Gasteiger partial charge is 0.573 e. The Morgan fingerprint density at radius 2 is 1.51 bits per heavy atom. The highest BCUT2D eigenvalue weighted by Crippen LogP contribution is 2.28. The number of hydrogen-bond acceptors (Lipinski definition) is 9. The number of fused-ring (bicyclic) bond motifs is 1. The number of carbonyl (C=O) groups excluding carboxylic acids is 1. The highest BCUT2D eigenvalue weighted by atomic mass is 32.2. The Kier molecular flexibility index (Phi) is 8.70. The van der Waals surface area contributed by atoms with E-state index >= 15 is 0 Å². The third-order valence-corrected chi connectivity index (χ3v) is 8.47. The number of nitrogens with one attached hydrogen (secondary N) is 1. The van der Waals surface area contributed by atoms with E-state index in [9.17, 15) is 39.6 Å². The van der Waals surface area contributed by atoms with Crippen molar-refractivity contribution in [1.29, 1.82) is 0 Å². The van der Waals surface area contributed by atoms with Crippen LogP contribution in [0.4, 0.5) is 32.2 Å². The lowest BCUT2D eigenvalue weighted by Gasteiger charge is -2.40. The molecule has 0 radical (unpaired) electrons. The van der Waals surface area contributed by atoms with E-state index in [0.29, 0.717) is 22.5 Å². The second-order valence-electron chi connectivity index (χ2n) is 9.58. The average molecular weight is 657 g/mol. The van der Waals surface area contributed by atoms with Crippen LogP contribution < -0.4 is 19.7 Å². The Bertz CT molecular complexity index is 1770. The highest BCUT2D eigenvalue weighted by Gasteiger charge is 2.41. The standard InChI is InChI=1S/C27H22F6N6O5S/c28-26(29,30)43-18-5-3-17(4-6-18)14-36-25(40)22-16-38(23-15-35-21-2-1-11-34-24(21)37-23)12-13-39(22)45(41,42)20-9-7-19(8-10-20)44-27(31,32)33/h1-11,15,22H,12-14,16H2,(H,36,40)/t22-/m1/s1. The summed E-state index contributed by atoms with van der Waals surface area (Å²) in [5.74, 6) is -1.51. The van der Waals surface area contributed by atoms with Gasteiger partial charge < -0.3 is 19.7 Å². The summed E-state index contributed by atoms with van der Waals surface area (Å²) in [7, 11) is -4.43. The third kappa shape index (κ3) is 7.88. The molecule has 0 aliphatic carbocycles. The van der Waals surface area contributed by atoms with E-state index in [-0.39, 0.29) is 31.1 Å². The molecule has 0 spiro atoms. The Labute approximate surface area is 251 Å². The Morgan fingerprint density at radius 3 is 2.13 bits per heavy atom. The first-order valence-corrected chi connectivity index (χ1v) is 14.4. The van der Waals surface area contributed by atoms with Crippen molar-refractivity contribution in [3.8, 4) is 11.5 Å². The molecule has 0 unspecified atom stereocenters. The maximum absolute atomic E-state index is 13.7. The Morgan fingerprint density at radius 1 is 0.889 bits per heavy atom. The fraction of sp³-hybridized carbons (Fsp3) is 0.259. The van der Waals surface area contributed by atoms with Gasteiger partial charge in [-0.15, -0.1) is 26.3 Å². The Balaban J connectivity index is 1.38. The van der Waals surface area contributed by atoms with E-state index in [1.807, 2.05) is 0 Å². The quantitative estimate of drug-likeness (QED) is 0.280. The lowest BCUT2D eigenvalue weighted by atomic mass is 10.1. The second-order valence-corrected chi connectivity index (χ2v) is 11.5. The molecule has 18 heteroatoms. The van der Waals surface area contributed by atoms with Crippen molar-refractivity contribution >= 4 is 32.9 Å². The van der Waals surface area contributed by atoms with Crippen LogP contribution in [0.15, 0.2) is 78.0 Å². The number of aromatic nitrogens is 3. The molecule has 0 saturated carbocycles. The van der Waals surface area contributed by atoms with E-state index in [1.54, 1.807) is 17.0 Å². The summed E-state index contributed by atoms with van der Waals surface area (Å²) in [5.41, 5.74) is 1.23. The van der Waals surface area contributed by atoms with Crippen LogP contribution in [-0.2, 0) is 21.4 Å². The molecule has 2 aromatic heterocycles. The predicted octanol–water partition coefficient (Wildman–Crippen LogP) is 4.02. The first-order valence-electron chi connectivity index (χ1n) is 13.0. The molecule has 1 saturated heterocycles. The van der Waals surface area contributed by atoms with E-state index in [0.717, 1.165) is 40.7 Å². The molecule has 5 rings (SSSR count). The van der Waals surface area contributed by atoms with Crippen molar-refractivity contribution in [1.82, 2.24) is 24.6 Å². The van der Waals surface area contributed by atoms with Crippen molar-refractivity contribution in [2.24, 2.45) is 0 Å². The van der Waals surface area contributed by atoms with Gasteiger partial charge in [0.15, 0.2) is 5.65 Å². The molecule has 3 heterocycles. The van der Waals surface area contributed by atoms with Gasteiger partial charge in [0.05, 0.1) is 11.1 Å². The summed E-state index contributed by atoms with van der Waals surface area (Å²) in [5, 5.41) is 2.60. The van der Waals surface area contributed by atoms with Gasteiger partial charge in [0, 0.05) is 32.4 Å². The topological polar surface area (TPSA) is 127 Å². The van der Waals surface area contributed by atoms with E-state index in [2.05, 4.69) is 29.7 Å². The molecule has 2 aromatic carbocycles. The minimum absolute atomic E-state index is 0.0754. The monoisotopic (exact) mass is 656 g/mol. The van der Waals surface area contributed by atoms with E-state index in [4.69, 9.17) is 0 Å². The predicted molar refractivity (Wildman–Crippen MR) is 145 cm³/mol. The number of hydrogen-bond donors (Lipinski definition) is 1. The van der Waals surface area contributed by atoms with Crippen LogP contribution in [0.1, 0.15) is 5.56 Å². The molecule has 0 bridgehead atoms. The number of ether oxygens (including phenoxy) is 2. The number of rotatable bonds is 8. The van der Waals surface area contributed by atoms with Crippen molar-refractivity contribution in [3.63, 3.8) is 0 Å². The fourth-order valence-corrected chi connectivity index (χ4v) is 6.10. The first kappa shape index (κ1) is 31.7. The Hall–Kier alpha value is -4.71. The zero-order valence-corrected chi connectivity index (χ0v) is 23.6. The summed E-state index contributed by atoms with van der Waals surface area (Å²) >= 11 is 0. The zero-order chi connectivity index (χ0) is 32.4. The SMILES string of the molecule is O=C(NCc1ccc(OC(F)(F)F)cc1)[C@H]1CN(c2cnc3cccnc3n2)CCN1S(=O)(=O)c1ccc(OC(F)(F)F)cc1. The van der Waals surface area contributed by atoms with Crippen molar-refractivity contribution in [2.75, 3.05) is 24.5 Å². The lowest BCUT2D eigenvalue weighted by molar-refractivity contribution is -0.275. The number of amides is 1. The van der Waals surface area contributed by atoms with E-state index in [1.165, 1.54) is 24.5 Å². The summed E-state index contributed by atoms with van der Waals surface area (Å²) < 4.78 is 111. The van der Waals surface area contributed by atoms with Crippen molar-refractivity contribution < 1.29 is 49.0 Å². The van der Waals surface area contributed by atoms with Crippen LogP contribution in [0.2, 0.25) is 0 Å². The molecule has 1 aliphatic rings. The van der Waals surface area contributed by atoms with Gasteiger partial charge in [0.2, 0.25) is 15.9 Å². The normalized spacial score (nSPS) is 16.4. The van der Waals surface area contributed by atoms with Crippen LogP contribution in [0.25, 0.3) is 11.2 Å². The number of piperazine rings is 1. The maximum atomic E-state index is 13.7. The van der Waals surface area contributed by atoms with Gasteiger partial charge in [-0.3, -0.25) is 4.79 Å². The summed E-state index contributed by atoms with van der Waals surface area (Å²) in [6.07, 6.45) is -6.89. The zero-order valence-electron chi connectivity index (χ0n) is 22.8. The van der Waals surface area contributed by atoms with Crippen LogP contribution in [0.3, 0.4) is 0 Å². The number of anilines is 1. The van der Waals surface area contributed by atoms with Gasteiger partial charge in [-0.25, -0.2) is 23.4 Å². The van der Waals surface area contributed by atoms with Gasteiger partial charge in [-0.2, -0.15) is 4.31 Å². The van der Waals surface area contributed by atoms with Crippen molar-refractivity contribution in [3.05, 3.63) is 78.6 Å². The highest BCUT2D eigenvalue weighted by molar-refractivity contribution is 7.89. The fourth-order valence-electron chi connectivity index (χ4n) is 4.53.